The minimum absolute atomic E-state index is 0.0138. The number of hydrogen-bond acceptors (Lipinski definition) is 9. The number of thiazole rings is 2. The number of benzene rings is 2. The van der Waals surface area contributed by atoms with Crippen LogP contribution in [0.4, 0.5) is 5.13 Å². The Morgan fingerprint density at radius 2 is 1.84 bits per heavy atom. The van der Waals surface area contributed by atoms with Gasteiger partial charge in [-0.1, -0.05) is 23.5 Å². The molecule has 1 amide bonds. The summed E-state index contributed by atoms with van der Waals surface area (Å²) >= 11 is 2.58. The van der Waals surface area contributed by atoms with Crippen molar-refractivity contribution in [1.29, 1.82) is 0 Å². The smallest absolute Gasteiger partial charge is 0.296 e. The topological polar surface area (TPSA) is 102 Å². The average molecular weight is 550 g/mol. The van der Waals surface area contributed by atoms with Gasteiger partial charge in [0.1, 0.15) is 0 Å². The number of hydrogen-bond donors (Lipinski definition) is 1. The van der Waals surface area contributed by atoms with Crippen LogP contribution in [0.25, 0.3) is 10.2 Å². The van der Waals surface area contributed by atoms with Gasteiger partial charge in [0.15, 0.2) is 22.4 Å². The Kier molecular flexibility index (Phi) is 6.70. The summed E-state index contributed by atoms with van der Waals surface area (Å²) < 4.78 is 12.2. The fraction of sp³-hybridized carbons (Fsp3) is 0.286. The molecule has 0 spiro atoms. The lowest BCUT2D eigenvalue weighted by Gasteiger charge is -2.25. The third-order valence-electron chi connectivity index (χ3n) is 6.39. The lowest BCUT2D eigenvalue weighted by Crippen LogP contribution is -2.31. The summed E-state index contributed by atoms with van der Waals surface area (Å²) in [5, 5.41) is 12.3. The van der Waals surface area contributed by atoms with Crippen molar-refractivity contribution in [3.8, 4) is 11.5 Å². The molecular formula is C28H27N3O5S2. The van der Waals surface area contributed by atoms with Crippen LogP contribution in [0.1, 0.15) is 50.0 Å². The molecule has 8 nitrogen and oxygen atoms in total. The molecule has 5 rings (SSSR count). The number of aryl methyl sites for hydroxylation is 4. The van der Waals surface area contributed by atoms with Gasteiger partial charge in [-0.05, 0) is 69.5 Å². The molecule has 1 aliphatic heterocycles. The summed E-state index contributed by atoms with van der Waals surface area (Å²) in [6.45, 7) is 9.86. The molecule has 1 N–H and O–H groups in total. The number of rotatable bonds is 7. The molecule has 0 saturated heterocycles. The average Bonchev–Trinajstić information content (AvgIpc) is 3.52. The lowest BCUT2D eigenvalue weighted by molar-refractivity contribution is -0.117. The Morgan fingerprint density at radius 3 is 2.50 bits per heavy atom. The van der Waals surface area contributed by atoms with Crippen molar-refractivity contribution in [1.82, 2.24) is 9.97 Å². The second-order valence-electron chi connectivity index (χ2n) is 9.08. The SMILES string of the molecule is CCOc1ccc(C2C(C(=O)c3sc(C)nc3C)=C(O)C(=O)N2c2nc3c(C)cc(C)cc3s2)cc1OC. The highest BCUT2D eigenvalue weighted by Gasteiger charge is 2.46. The van der Waals surface area contributed by atoms with Crippen LogP contribution in [0.5, 0.6) is 11.5 Å². The maximum atomic E-state index is 13.9. The molecule has 1 atom stereocenters. The van der Waals surface area contributed by atoms with Gasteiger partial charge in [-0.3, -0.25) is 14.5 Å². The van der Waals surface area contributed by atoms with Crippen LogP contribution in [-0.2, 0) is 4.79 Å². The number of methoxy groups -OCH3 is 1. The van der Waals surface area contributed by atoms with E-state index in [4.69, 9.17) is 14.5 Å². The van der Waals surface area contributed by atoms with E-state index in [1.807, 2.05) is 39.8 Å². The molecule has 0 saturated carbocycles. The summed E-state index contributed by atoms with van der Waals surface area (Å²) in [6, 6.07) is 8.37. The van der Waals surface area contributed by atoms with Crippen LogP contribution in [-0.4, -0.2) is 40.5 Å². The zero-order valence-electron chi connectivity index (χ0n) is 21.9. The molecular weight excluding hydrogens is 522 g/mol. The molecule has 0 radical (unpaired) electrons. The van der Waals surface area contributed by atoms with Crippen molar-refractivity contribution in [2.45, 2.75) is 40.7 Å². The number of ketones is 1. The Bertz CT molecular complexity index is 1630. The van der Waals surface area contributed by atoms with Gasteiger partial charge in [0.25, 0.3) is 5.91 Å². The van der Waals surface area contributed by atoms with Crippen molar-refractivity contribution in [2.75, 3.05) is 18.6 Å². The highest BCUT2D eigenvalue weighted by molar-refractivity contribution is 7.22. The number of fused-ring (bicyclic) bond motifs is 1. The van der Waals surface area contributed by atoms with Gasteiger partial charge in [-0.2, -0.15) is 0 Å². The number of Topliss-reactive ketones (excluding diaryl/α,β-unsaturated/α-hetero) is 1. The highest BCUT2D eigenvalue weighted by Crippen LogP contribution is 2.46. The van der Waals surface area contributed by atoms with Crippen molar-refractivity contribution in [3.63, 3.8) is 0 Å². The molecule has 0 fully saturated rings. The maximum absolute atomic E-state index is 13.9. The minimum atomic E-state index is -0.927. The summed E-state index contributed by atoms with van der Waals surface area (Å²) in [7, 11) is 1.53. The predicted octanol–water partition coefficient (Wildman–Crippen LogP) is 6.18. The van der Waals surface area contributed by atoms with Crippen LogP contribution >= 0.6 is 22.7 Å². The van der Waals surface area contributed by atoms with Crippen LogP contribution in [0.15, 0.2) is 41.7 Å². The van der Waals surface area contributed by atoms with Gasteiger partial charge < -0.3 is 14.6 Å². The zero-order valence-corrected chi connectivity index (χ0v) is 23.5. The van der Waals surface area contributed by atoms with E-state index in [1.54, 1.807) is 25.1 Å². The van der Waals surface area contributed by atoms with Gasteiger partial charge in [-0.15, -0.1) is 11.3 Å². The molecule has 2 aromatic heterocycles. The van der Waals surface area contributed by atoms with Gasteiger partial charge in [0.2, 0.25) is 5.78 Å². The first kappa shape index (κ1) is 25.9. The Balaban J connectivity index is 1.71. The predicted molar refractivity (Wildman–Crippen MR) is 149 cm³/mol. The van der Waals surface area contributed by atoms with E-state index in [9.17, 15) is 14.7 Å². The summed E-state index contributed by atoms with van der Waals surface area (Å²) in [5.74, 6) is -0.720. The minimum Gasteiger partial charge on any atom is -0.503 e. The molecule has 1 aliphatic rings. The fourth-order valence-electron chi connectivity index (χ4n) is 4.81. The van der Waals surface area contributed by atoms with E-state index >= 15 is 0 Å². The van der Waals surface area contributed by atoms with Crippen LogP contribution in [0, 0.1) is 27.7 Å². The number of amides is 1. The summed E-state index contributed by atoms with van der Waals surface area (Å²) in [6.07, 6.45) is 0. The monoisotopic (exact) mass is 549 g/mol. The molecule has 10 heteroatoms. The third-order valence-corrected chi connectivity index (χ3v) is 8.46. The fourth-order valence-corrected chi connectivity index (χ4v) is 6.85. The second-order valence-corrected chi connectivity index (χ2v) is 11.3. The van der Waals surface area contributed by atoms with Crippen molar-refractivity contribution < 1.29 is 24.2 Å². The van der Waals surface area contributed by atoms with Crippen LogP contribution < -0.4 is 14.4 Å². The number of nitrogens with zero attached hydrogens (tertiary/aromatic N) is 3. The molecule has 38 heavy (non-hydrogen) atoms. The van der Waals surface area contributed by atoms with Gasteiger partial charge >= 0.3 is 0 Å². The molecule has 0 bridgehead atoms. The number of carbonyl (C=O) groups is 2. The largest absolute Gasteiger partial charge is 0.503 e. The summed E-state index contributed by atoms with van der Waals surface area (Å²) in [5.41, 5.74) is 3.96. The molecule has 1 unspecified atom stereocenters. The Labute approximate surface area is 228 Å². The maximum Gasteiger partial charge on any atom is 0.296 e. The number of ether oxygens (including phenoxy) is 2. The van der Waals surface area contributed by atoms with Crippen molar-refractivity contribution >= 4 is 49.7 Å². The number of aromatic nitrogens is 2. The second kappa shape index (κ2) is 9.85. The highest BCUT2D eigenvalue weighted by atomic mass is 32.1. The van der Waals surface area contributed by atoms with Gasteiger partial charge in [0, 0.05) is 0 Å². The van der Waals surface area contributed by atoms with E-state index in [0.29, 0.717) is 39.4 Å². The van der Waals surface area contributed by atoms with Crippen molar-refractivity contribution in [2.24, 2.45) is 0 Å². The number of carbonyl (C=O) groups excluding carboxylic acids is 2. The van der Waals surface area contributed by atoms with Crippen LogP contribution in [0.2, 0.25) is 0 Å². The van der Waals surface area contributed by atoms with E-state index in [1.165, 1.54) is 34.7 Å². The van der Waals surface area contributed by atoms with E-state index in [-0.39, 0.29) is 5.57 Å². The number of anilines is 1. The Morgan fingerprint density at radius 1 is 1.08 bits per heavy atom. The molecule has 2 aromatic carbocycles. The standard InChI is InChI=1S/C28H27N3O5S2/c1-7-36-18-9-8-17(12-19(18)35-6)23-21(24(32)26-15(4)29-16(5)37-26)25(33)27(34)31(23)28-30-22-14(3)10-13(2)11-20(22)38-28/h8-12,23,33H,7H2,1-6H3. The molecule has 196 valence electrons. The lowest BCUT2D eigenvalue weighted by atomic mass is 9.95. The Hall–Kier alpha value is -3.76. The van der Waals surface area contributed by atoms with Gasteiger partial charge in [0.05, 0.1) is 51.1 Å². The van der Waals surface area contributed by atoms with E-state index < -0.39 is 23.5 Å². The molecule has 4 aromatic rings. The quantitative estimate of drug-likeness (QED) is 0.275. The van der Waals surface area contributed by atoms with E-state index in [2.05, 4.69) is 4.98 Å². The third kappa shape index (κ3) is 4.23. The first-order valence-corrected chi connectivity index (χ1v) is 13.7. The zero-order chi connectivity index (χ0) is 27.3. The van der Waals surface area contributed by atoms with Gasteiger partial charge in [-0.25, -0.2) is 9.97 Å². The first-order valence-electron chi connectivity index (χ1n) is 12.1. The normalized spacial score (nSPS) is 15.6. The number of aliphatic hydroxyl groups excluding tert-OH is 1. The number of aliphatic hydroxyl groups is 1. The summed E-state index contributed by atoms with van der Waals surface area (Å²) in [4.78, 5) is 38.5. The molecule has 3 heterocycles. The van der Waals surface area contributed by atoms with Crippen molar-refractivity contribution in [3.05, 3.63) is 73.9 Å². The van der Waals surface area contributed by atoms with Crippen LogP contribution in [0.3, 0.4) is 0 Å². The van der Waals surface area contributed by atoms with E-state index in [0.717, 1.165) is 26.4 Å². The molecule has 0 aliphatic carbocycles. The first-order chi connectivity index (χ1) is 18.1.